The van der Waals surface area contributed by atoms with Crippen LogP contribution in [0.4, 0.5) is 0 Å². The molecule has 1 N–H and O–H groups in total. The first-order chi connectivity index (χ1) is 5.45. The van der Waals surface area contributed by atoms with Crippen LogP contribution >= 0.6 is 11.8 Å². The zero-order chi connectivity index (χ0) is 7.52. The Morgan fingerprint density at radius 1 is 1.36 bits per heavy atom. The number of hydrogen-bond donors (Lipinski definition) is 1. The third-order valence-corrected chi connectivity index (χ3v) is 3.48. The Kier molecular flexibility index (Phi) is 2.72. The van der Waals surface area contributed by atoms with Crippen LogP contribution in [0.15, 0.2) is 0 Å². The fourth-order valence-corrected chi connectivity index (χ4v) is 2.81. The first-order valence-corrected chi connectivity index (χ1v) is 5.64. The lowest BCUT2D eigenvalue weighted by Crippen LogP contribution is -2.37. The van der Waals surface area contributed by atoms with Gasteiger partial charge in [0.05, 0.1) is 0 Å². The van der Waals surface area contributed by atoms with Gasteiger partial charge in [-0.3, -0.25) is 0 Å². The summed E-state index contributed by atoms with van der Waals surface area (Å²) in [6, 6.07) is 0.776. The minimum absolute atomic E-state index is 0.776. The Morgan fingerprint density at radius 3 is 2.82 bits per heavy atom. The van der Waals surface area contributed by atoms with Gasteiger partial charge in [0.25, 0.3) is 0 Å². The molecular weight excluding hydrogens is 156 g/mol. The number of rotatable bonds is 2. The Balaban J connectivity index is 1.71. The summed E-state index contributed by atoms with van der Waals surface area (Å²) in [6.45, 7) is 3.96. The van der Waals surface area contributed by atoms with Crippen molar-refractivity contribution in [2.75, 3.05) is 31.3 Å². The lowest BCUT2D eigenvalue weighted by molar-refractivity contribution is 0.310. The molecule has 0 aromatic rings. The molecule has 11 heavy (non-hydrogen) atoms. The molecule has 0 radical (unpaired) electrons. The Labute approximate surface area is 72.7 Å². The molecule has 0 spiro atoms. The van der Waals surface area contributed by atoms with Crippen molar-refractivity contribution in [2.24, 2.45) is 0 Å². The highest BCUT2D eigenvalue weighted by molar-refractivity contribution is 7.99. The molecule has 1 unspecified atom stereocenters. The van der Waals surface area contributed by atoms with Crippen LogP contribution in [0.1, 0.15) is 12.8 Å². The highest BCUT2D eigenvalue weighted by Crippen LogP contribution is 2.13. The van der Waals surface area contributed by atoms with Crippen molar-refractivity contribution in [1.29, 1.82) is 0 Å². The Bertz CT molecular complexity index is 103. The summed E-state index contributed by atoms with van der Waals surface area (Å²) >= 11 is 2.03. The molecule has 0 amide bonds. The maximum absolute atomic E-state index is 3.50. The molecule has 0 saturated carbocycles. The molecule has 3 heteroatoms. The van der Waals surface area contributed by atoms with Gasteiger partial charge in [0.2, 0.25) is 0 Å². The smallest absolute Gasteiger partial charge is 0.0421 e. The quantitative estimate of drug-likeness (QED) is 0.661. The van der Waals surface area contributed by atoms with Gasteiger partial charge in [0.1, 0.15) is 0 Å². The van der Waals surface area contributed by atoms with Crippen LogP contribution in [0.2, 0.25) is 0 Å². The van der Waals surface area contributed by atoms with Gasteiger partial charge >= 0.3 is 0 Å². The average molecular weight is 172 g/mol. The lowest BCUT2D eigenvalue weighted by Gasteiger charge is -2.18. The SMILES string of the molecule is C1CCN(CC2CSCN2)C1. The van der Waals surface area contributed by atoms with E-state index in [9.17, 15) is 0 Å². The van der Waals surface area contributed by atoms with Crippen LogP contribution in [0.5, 0.6) is 0 Å². The molecule has 2 heterocycles. The molecule has 2 rings (SSSR count). The molecule has 2 aliphatic rings. The van der Waals surface area contributed by atoms with Crippen LogP contribution in [0.3, 0.4) is 0 Å². The molecular formula is C8H16N2S. The molecule has 0 aromatic carbocycles. The van der Waals surface area contributed by atoms with E-state index in [4.69, 9.17) is 0 Å². The third kappa shape index (κ3) is 2.10. The van der Waals surface area contributed by atoms with Crippen LogP contribution in [0, 0.1) is 0 Å². The minimum Gasteiger partial charge on any atom is -0.303 e. The van der Waals surface area contributed by atoms with Crippen molar-refractivity contribution in [2.45, 2.75) is 18.9 Å². The van der Waals surface area contributed by atoms with Gasteiger partial charge in [-0.2, -0.15) is 0 Å². The van der Waals surface area contributed by atoms with E-state index in [1.54, 1.807) is 0 Å². The monoisotopic (exact) mass is 172 g/mol. The Hall–Kier alpha value is 0.270. The van der Waals surface area contributed by atoms with E-state index in [-0.39, 0.29) is 0 Å². The van der Waals surface area contributed by atoms with Gasteiger partial charge in [-0.05, 0) is 25.9 Å². The van der Waals surface area contributed by atoms with Gasteiger partial charge in [-0.25, -0.2) is 0 Å². The molecule has 2 nitrogen and oxygen atoms in total. The predicted octanol–water partition coefficient (Wildman–Crippen LogP) is 0.745. The fourth-order valence-electron chi connectivity index (χ4n) is 1.83. The van der Waals surface area contributed by atoms with Crippen LogP contribution < -0.4 is 5.32 Å². The van der Waals surface area contributed by atoms with Crippen LogP contribution in [-0.4, -0.2) is 42.2 Å². The molecule has 2 aliphatic heterocycles. The second-order valence-electron chi connectivity index (χ2n) is 3.42. The summed E-state index contributed by atoms with van der Waals surface area (Å²) in [5.41, 5.74) is 0. The number of likely N-dealkylation sites (tertiary alicyclic amines) is 1. The standard InChI is InChI=1S/C8H16N2S/c1-2-4-10(3-1)5-8-6-11-7-9-8/h8-9H,1-7H2. The molecule has 64 valence electrons. The molecule has 2 saturated heterocycles. The largest absolute Gasteiger partial charge is 0.303 e. The third-order valence-electron chi connectivity index (χ3n) is 2.47. The van der Waals surface area contributed by atoms with Crippen molar-refractivity contribution in [3.63, 3.8) is 0 Å². The number of nitrogens with one attached hydrogen (secondary N) is 1. The maximum atomic E-state index is 3.50. The topological polar surface area (TPSA) is 15.3 Å². The first-order valence-electron chi connectivity index (χ1n) is 4.48. The number of thioether (sulfide) groups is 1. The maximum Gasteiger partial charge on any atom is 0.0421 e. The van der Waals surface area contributed by atoms with E-state index in [0.29, 0.717) is 0 Å². The first kappa shape index (κ1) is 7.90. The van der Waals surface area contributed by atoms with Crippen molar-refractivity contribution >= 4 is 11.8 Å². The lowest BCUT2D eigenvalue weighted by atomic mass is 10.3. The van der Waals surface area contributed by atoms with Crippen molar-refractivity contribution in [3.05, 3.63) is 0 Å². The van der Waals surface area contributed by atoms with Gasteiger partial charge < -0.3 is 10.2 Å². The zero-order valence-electron chi connectivity index (χ0n) is 6.88. The zero-order valence-corrected chi connectivity index (χ0v) is 7.70. The van der Waals surface area contributed by atoms with Crippen molar-refractivity contribution in [3.8, 4) is 0 Å². The van der Waals surface area contributed by atoms with E-state index in [1.807, 2.05) is 11.8 Å². The van der Waals surface area contributed by atoms with E-state index >= 15 is 0 Å². The highest BCUT2D eigenvalue weighted by Gasteiger charge is 2.19. The molecule has 0 aromatic heterocycles. The van der Waals surface area contributed by atoms with Crippen LogP contribution in [-0.2, 0) is 0 Å². The summed E-state index contributed by atoms with van der Waals surface area (Å²) in [5, 5.41) is 3.50. The van der Waals surface area contributed by atoms with Crippen molar-refractivity contribution in [1.82, 2.24) is 10.2 Å². The van der Waals surface area contributed by atoms with E-state index < -0.39 is 0 Å². The fraction of sp³-hybridized carbons (Fsp3) is 1.00. The predicted molar refractivity (Wildman–Crippen MR) is 49.9 cm³/mol. The molecule has 0 bridgehead atoms. The average Bonchev–Trinajstić information content (AvgIpc) is 2.60. The Morgan fingerprint density at radius 2 is 2.18 bits per heavy atom. The summed E-state index contributed by atoms with van der Waals surface area (Å²) in [5.74, 6) is 2.48. The van der Waals surface area contributed by atoms with E-state index in [2.05, 4.69) is 10.2 Å². The normalized spacial score (nSPS) is 33.3. The van der Waals surface area contributed by atoms with Crippen molar-refractivity contribution < 1.29 is 0 Å². The minimum atomic E-state index is 0.776. The summed E-state index contributed by atoms with van der Waals surface area (Å²) in [7, 11) is 0. The second kappa shape index (κ2) is 3.78. The summed E-state index contributed by atoms with van der Waals surface area (Å²) in [4.78, 5) is 2.59. The van der Waals surface area contributed by atoms with Crippen LogP contribution in [0.25, 0.3) is 0 Å². The summed E-state index contributed by atoms with van der Waals surface area (Å²) in [6.07, 6.45) is 2.83. The summed E-state index contributed by atoms with van der Waals surface area (Å²) < 4.78 is 0. The highest BCUT2D eigenvalue weighted by atomic mass is 32.2. The number of nitrogens with zero attached hydrogens (tertiary/aromatic N) is 1. The van der Waals surface area contributed by atoms with Gasteiger partial charge in [0.15, 0.2) is 0 Å². The van der Waals surface area contributed by atoms with Gasteiger partial charge in [0, 0.05) is 24.2 Å². The molecule has 0 aliphatic carbocycles. The molecule has 2 fully saturated rings. The van der Waals surface area contributed by atoms with E-state index in [1.165, 1.54) is 44.1 Å². The van der Waals surface area contributed by atoms with E-state index in [0.717, 1.165) is 6.04 Å². The number of hydrogen-bond acceptors (Lipinski definition) is 3. The van der Waals surface area contributed by atoms with Gasteiger partial charge in [-0.15, -0.1) is 11.8 Å². The second-order valence-corrected chi connectivity index (χ2v) is 4.45. The van der Waals surface area contributed by atoms with Gasteiger partial charge in [-0.1, -0.05) is 0 Å². The molecule has 1 atom stereocenters.